The molecule has 0 aromatic carbocycles. The van der Waals surface area contributed by atoms with Crippen molar-refractivity contribution in [3.8, 4) is 5.06 Å². The molecule has 0 atom stereocenters. The van der Waals surface area contributed by atoms with Crippen molar-refractivity contribution in [1.29, 1.82) is 0 Å². The van der Waals surface area contributed by atoms with Crippen LogP contribution in [-0.4, -0.2) is 27.4 Å². The zero-order chi connectivity index (χ0) is 18.1. The first-order chi connectivity index (χ1) is 12.6. The summed E-state index contributed by atoms with van der Waals surface area (Å²) in [5, 5.41) is 6.20. The van der Waals surface area contributed by atoms with Crippen molar-refractivity contribution in [1.82, 2.24) is 14.7 Å². The molecule has 1 fully saturated rings. The van der Waals surface area contributed by atoms with Crippen LogP contribution in [0.3, 0.4) is 0 Å². The molecule has 3 aromatic rings. The maximum absolute atomic E-state index is 12.8. The fourth-order valence-corrected chi connectivity index (χ4v) is 4.29. The second-order valence-electron chi connectivity index (χ2n) is 6.96. The molecule has 3 aromatic heterocycles. The van der Waals surface area contributed by atoms with E-state index in [0.717, 1.165) is 47.8 Å². The van der Waals surface area contributed by atoms with Crippen LogP contribution in [0.4, 0.5) is 0 Å². The van der Waals surface area contributed by atoms with E-state index in [4.69, 9.17) is 4.74 Å². The Labute approximate surface area is 157 Å². The van der Waals surface area contributed by atoms with E-state index >= 15 is 0 Å². The predicted molar refractivity (Wildman–Crippen MR) is 103 cm³/mol. The summed E-state index contributed by atoms with van der Waals surface area (Å²) in [6, 6.07) is 8.09. The summed E-state index contributed by atoms with van der Waals surface area (Å²) in [6.45, 7) is 3.98. The van der Waals surface area contributed by atoms with E-state index in [1.54, 1.807) is 11.3 Å². The lowest BCUT2D eigenvalue weighted by Gasteiger charge is -2.29. The maximum Gasteiger partial charge on any atom is 0.255 e. The minimum absolute atomic E-state index is 0.0346. The third-order valence-corrected chi connectivity index (χ3v) is 5.73. The second-order valence-corrected chi connectivity index (χ2v) is 7.87. The molecular formula is C20H23N3O2S. The molecule has 26 heavy (non-hydrogen) atoms. The monoisotopic (exact) mass is 369 g/mol. The average molecular weight is 369 g/mol. The number of rotatable bonds is 4. The number of hydrogen-bond acceptors (Lipinski definition) is 4. The van der Waals surface area contributed by atoms with Crippen LogP contribution in [0, 0.1) is 13.8 Å². The third kappa shape index (κ3) is 3.46. The van der Waals surface area contributed by atoms with Crippen molar-refractivity contribution < 1.29 is 9.53 Å². The van der Waals surface area contributed by atoms with Gasteiger partial charge in [-0.05, 0) is 69.2 Å². The predicted octanol–water partition coefficient (Wildman–Crippen LogP) is 4.13. The van der Waals surface area contributed by atoms with Crippen LogP contribution in [0.25, 0.3) is 5.65 Å². The van der Waals surface area contributed by atoms with Gasteiger partial charge in [0.05, 0.1) is 11.7 Å². The van der Waals surface area contributed by atoms with Gasteiger partial charge < -0.3 is 14.5 Å². The SMILES string of the molecule is Cc1cc(C)n2ccc(C(=O)N[C@H]3CC[C@H](Oc4cccs4)CC3)c2n1. The first-order valence-corrected chi connectivity index (χ1v) is 9.94. The summed E-state index contributed by atoms with van der Waals surface area (Å²) in [6.07, 6.45) is 5.99. The first kappa shape index (κ1) is 17.1. The number of amides is 1. The number of aromatic nitrogens is 2. The van der Waals surface area contributed by atoms with E-state index in [9.17, 15) is 4.79 Å². The summed E-state index contributed by atoms with van der Waals surface area (Å²) in [5.41, 5.74) is 3.38. The number of hydrogen-bond donors (Lipinski definition) is 1. The van der Waals surface area contributed by atoms with Gasteiger partial charge in [-0.3, -0.25) is 4.79 Å². The van der Waals surface area contributed by atoms with Crippen LogP contribution < -0.4 is 10.1 Å². The number of carbonyl (C=O) groups is 1. The highest BCUT2D eigenvalue weighted by Gasteiger charge is 2.25. The van der Waals surface area contributed by atoms with Gasteiger partial charge >= 0.3 is 0 Å². The Kier molecular flexibility index (Phi) is 4.68. The molecule has 0 spiro atoms. The molecule has 1 aliphatic rings. The zero-order valence-electron chi connectivity index (χ0n) is 15.1. The summed E-state index contributed by atoms with van der Waals surface area (Å²) >= 11 is 1.63. The molecule has 0 saturated heterocycles. The molecule has 1 amide bonds. The van der Waals surface area contributed by atoms with Crippen LogP contribution in [0.1, 0.15) is 47.4 Å². The molecule has 4 rings (SSSR count). The van der Waals surface area contributed by atoms with Gasteiger partial charge in [0.15, 0.2) is 5.06 Å². The Hall–Kier alpha value is -2.34. The molecule has 1 aliphatic carbocycles. The normalized spacial score (nSPS) is 20.2. The van der Waals surface area contributed by atoms with Gasteiger partial charge in [0.1, 0.15) is 5.65 Å². The molecule has 1 saturated carbocycles. The van der Waals surface area contributed by atoms with Crippen LogP contribution in [0.15, 0.2) is 35.8 Å². The van der Waals surface area contributed by atoms with Gasteiger partial charge in [-0.15, -0.1) is 11.3 Å². The highest BCUT2D eigenvalue weighted by molar-refractivity contribution is 7.11. The van der Waals surface area contributed by atoms with E-state index in [1.807, 2.05) is 54.1 Å². The highest BCUT2D eigenvalue weighted by atomic mass is 32.1. The fraction of sp³-hybridized carbons (Fsp3) is 0.400. The molecule has 0 aliphatic heterocycles. The number of fused-ring (bicyclic) bond motifs is 1. The number of nitrogens with zero attached hydrogens (tertiary/aromatic N) is 2. The summed E-state index contributed by atoms with van der Waals surface area (Å²) in [4.78, 5) is 17.3. The Bertz CT molecular complexity index is 909. The van der Waals surface area contributed by atoms with Crippen molar-refractivity contribution in [3.05, 3.63) is 52.8 Å². The quantitative estimate of drug-likeness (QED) is 0.752. The lowest BCUT2D eigenvalue weighted by atomic mass is 9.93. The largest absolute Gasteiger partial charge is 0.481 e. The molecule has 0 bridgehead atoms. The maximum atomic E-state index is 12.8. The highest BCUT2D eigenvalue weighted by Crippen LogP contribution is 2.27. The second kappa shape index (κ2) is 7.11. The van der Waals surface area contributed by atoms with Crippen LogP contribution >= 0.6 is 11.3 Å². The lowest BCUT2D eigenvalue weighted by Crippen LogP contribution is -2.39. The average Bonchev–Trinajstić information content (AvgIpc) is 3.26. The Morgan fingerprint density at radius 3 is 2.81 bits per heavy atom. The molecule has 5 nitrogen and oxygen atoms in total. The molecule has 0 radical (unpaired) electrons. The van der Waals surface area contributed by atoms with Crippen molar-refractivity contribution >= 4 is 22.9 Å². The molecule has 0 unspecified atom stereocenters. The molecule has 136 valence electrons. The van der Waals surface area contributed by atoms with Crippen molar-refractivity contribution in [3.63, 3.8) is 0 Å². The van der Waals surface area contributed by atoms with Gasteiger partial charge in [-0.2, -0.15) is 0 Å². The lowest BCUT2D eigenvalue weighted by molar-refractivity contribution is 0.0898. The van der Waals surface area contributed by atoms with E-state index in [0.29, 0.717) is 5.56 Å². The van der Waals surface area contributed by atoms with Gasteiger partial charge in [-0.1, -0.05) is 0 Å². The summed E-state index contributed by atoms with van der Waals surface area (Å²) < 4.78 is 7.96. The zero-order valence-corrected chi connectivity index (χ0v) is 15.9. The van der Waals surface area contributed by atoms with E-state index in [-0.39, 0.29) is 18.1 Å². The number of ether oxygens (including phenoxy) is 1. The van der Waals surface area contributed by atoms with Crippen molar-refractivity contribution in [2.75, 3.05) is 0 Å². The summed E-state index contributed by atoms with van der Waals surface area (Å²) in [7, 11) is 0. The smallest absolute Gasteiger partial charge is 0.255 e. The minimum Gasteiger partial charge on any atom is -0.481 e. The number of carbonyl (C=O) groups excluding carboxylic acids is 1. The van der Waals surface area contributed by atoms with Gasteiger partial charge in [0.2, 0.25) is 0 Å². The molecule has 1 N–H and O–H groups in total. The molecular weight excluding hydrogens is 346 g/mol. The van der Waals surface area contributed by atoms with Crippen molar-refractivity contribution in [2.45, 2.75) is 51.7 Å². The fourth-order valence-electron chi connectivity index (χ4n) is 3.65. The standard InChI is InChI=1S/C20H23N3O2S/c1-13-12-14(2)23-10-9-17(19(23)21-13)20(24)22-15-5-7-16(8-6-15)25-18-4-3-11-26-18/h3-4,9-12,15-16H,5-8H2,1-2H3,(H,22,24)/t15-,16-. The van der Waals surface area contributed by atoms with Crippen LogP contribution in [0.5, 0.6) is 5.06 Å². The van der Waals surface area contributed by atoms with Gasteiger partial charge in [0.25, 0.3) is 5.91 Å². The van der Waals surface area contributed by atoms with Crippen LogP contribution in [-0.2, 0) is 0 Å². The number of nitrogens with one attached hydrogen (secondary N) is 1. The topological polar surface area (TPSA) is 55.6 Å². The van der Waals surface area contributed by atoms with E-state index in [2.05, 4.69) is 10.3 Å². The third-order valence-electron chi connectivity index (χ3n) is 4.97. The molecule has 3 heterocycles. The number of thiophene rings is 1. The molecule has 6 heteroatoms. The van der Waals surface area contributed by atoms with Crippen LogP contribution in [0.2, 0.25) is 0 Å². The minimum atomic E-state index is -0.0346. The Balaban J connectivity index is 1.39. The van der Waals surface area contributed by atoms with E-state index < -0.39 is 0 Å². The number of aryl methyl sites for hydroxylation is 2. The van der Waals surface area contributed by atoms with Crippen molar-refractivity contribution in [2.24, 2.45) is 0 Å². The van der Waals surface area contributed by atoms with Gasteiger partial charge in [0, 0.05) is 23.6 Å². The van der Waals surface area contributed by atoms with E-state index in [1.165, 1.54) is 0 Å². The Morgan fingerprint density at radius 1 is 1.27 bits per heavy atom. The van der Waals surface area contributed by atoms with Gasteiger partial charge in [-0.25, -0.2) is 4.98 Å². The summed E-state index contributed by atoms with van der Waals surface area (Å²) in [5.74, 6) is -0.0346. The Morgan fingerprint density at radius 2 is 2.08 bits per heavy atom. The first-order valence-electron chi connectivity index (χ1n) is 9.06.